The molecule has 118 valence electrons. The lowest BCUT2D eigenvalue weighted by atomic mass is 10.2. The zero-order chi connectivity index (χ0) is 16.2. The number of nitrogens with one attached hydrogen (secondary N) is 1. The van der Waals surface area contributed by atoms with Crippen LogP contribution in [0.2, 0.25) is 0 Å². The molecule has 0 aliphatic heterocycles. The summed E-state index contributed by atoms with van der Waals surface area (Å²) < 4.78 is 37.6. The quantitative estimate of drug-likeness (QED) is 0.787. The number of rotatable bonds is 6. The Kier molecular flexibility index (Phi) is 5.71. The highest BCUT2D eigenvalue weighted by molar-refractivity contribution is 7.92. The van der Waals surface area contributed by atoms with Gasteiger partial charge in [-0.05, 0) is 37.5 Å². The van der Waals surface area contributed by atoms with Gasteiger partial charge < -0.3 is 11.1 Å². The summed E-state index contributed by atoms with van der Waals surface area (Å²) in [5, 5.41) is 1.03. The number of nitrogen functional groups attached to an aromatic ring is 1. The number of hydrogen-bond donors (Lipinski definition) is 2. The van der Waals surface area contributed by atoms with Crippen molar-refractivity contribution in [1.82, 2.24) is 0 Å². The predicted molar refractivity (Wildman–Crippen MR) is 82.1 cm³/mol. The Balaban J connectivity index is 2.81. The van der Waals surface area contributed by atoms with Gasteiger partial charge in [-0.2, -0.15) is 0 Å². The molecule has 0 radical (unpaired) electrons. The molecule has 0 aromatic heterocycles. The molecule has 1 atom stereocenters. The number of halogens is 1. The average molecular weight is 316 g/mol. The SMILES string of the molecule is CC(C)CCS(=O)(=O)C(C)C(=O)Nc1cc(N)ccc1F. The Morgan fingerprint density at radius 2 is 1.95 bits per heavy atom. The van der Waals surface area contributed by atoms with E-state index in [0.29, 0.717) is 6.42 Å². The third-order valence-electron chi connectivity index (χ3n) is 3.14. The van der Waals surface area contributed by atoms with E-state index in [1.807, 2.05) is 13.8 Å². The van der Waals surface area contributed by atoms with E-state index in [1.165, 1.54) is 19.1 Å². The second-order valence-corrected chi connectivity index (χ2v) is 7.86. The lowest BCUT2D eigenvalue weighted by molar-refractivity contribution is -0.115. The number of benzene rings is 1. The Hall–Kier alpha value is -1.63. The molecule has 0 saturated carbocycles. The fourth-order valence-electron chi connectivity index (χ4n) is 1.61. The van der Waals surface area contributed by atoms with E-state index in [2.05, 4.69) is 5.32 Å². The number of carbonyl (C=O) groups excluding carboxylic acids is 1. The molecule has 7 heteroatoms. The predicted octanol–water partition coefficient (Wildman–Crippen LogP) is 2.20. The van der Waals surface area contributed by atoms with Crippen LogP contribution < -0.4 is 11.1 Å². The second kappa shape index (κ2) is 6.89. The van der Waals surface area contributed by atoms with Crippen LogP contribution >= 0.6 is 0 Å². The normalized spacial score (nSPS) is 13.2. The lowest BCUT2D eigenvalue weighted by Crippen LogP contribution is -2.34. The van der Waals surface area contributed by atoms with Crippen LogP contribution in [0, 0.1) is 11.7 Å². The van der Waals surface area contributed by atoms with Gasteiger partial charge in [0.05, 0.1) is 11.4 Å². The molecule has 1 unspecified atom stereocenters. The highest BCUT2D eigenvalue weighted by atomic mass is 32.2. The Labute approximate surface area is 124 Å². The molecule has 1 aromatic rings. The van der Waals surface area contributed by atoms with E-state index in [9.17, 15) is 17.6 Å². The molecule has 3 N–H and O–H groups in total. The fourth-order valence-corrected chi connectivity index (χ4v) is 3.15. The number of carbonyl (C=O) groups is 1. The van der Waals surface area contributed by atoms with Crippen molar-refractivity contribution in [2.24, 2.45) is 5.92 Å². The molecule has 0 spiro atoms. The first-order valence-electron chi connectivity index (χ1n) is 6.71. The van der Waals surface area contributed by atoms with Gasteiger partial charge in [-0.15, -0.1) is 0 Å². The highest BCUT2D eigenvalue weighted by Crippen LogP contribution is 2.18. The van der Waals surface area contributed by atoms with Crippen molar-refractivity contribution in [2.75, 3.05) is 16.8 Å². The first-order chi connectivity index (χ1) is 9.63. The minimum atomic E-state index is -3.56. The largest absolute Gasteiger partial charge is 0.399 e. The zero-order valence-corrected chi connectivity index (χ0v) is 13.2. The topological polar surface area (TPSA) is 89.3 Å². The number of anilines is 2. The van der Waals surface area contributed by atoms with Crippen molar-refractivity contribution in [3.05, 3.63) is 24.0 Å². The summed E-state index contributed by atoms with van der Waals surface area (Å²) in [5.74, 6) is -1.27. The molecular formula is C14H21FN2O3S. The van der Waals surface area contributed by atoms with Crippen LogP contribution in [0.3, 0.4) is 0 Å². The Morgan fingerprint density at radius 1 is 1.33 bits per heavy atom. The Morgan fingerprint density at radius 3 is 2.52 bits per heavy atom. The van der Waals surface area contributed by atoms with Crippen molar-refractivity contribution < 1.29 is 17.6 Å². The molecule has 1 amide bonds. The molecule has 0 bridgehead atoms. The van der Waals surface area contributed by atoms with Gasteiger partial charge >= 0.3 is 0 Å². The molecule has 5 nitrogen and oxygen atoms in total. The maximum absolute atomic E-state index is 13.5. The third kappa shape index (κ3) is 5.00. The van der Waals surface area contributed by atoms with Crippen LogP contribution in [0.15, 0.2) is 18.2 Å². The van der Waals surface area contributed by atoms with Gasteiger partial charge in [-0.25, -0.2) is 12.8 Å². The molecular weight excluding hydrogens is 295 g/mol. The molecule has 1 rings (SSSR count). The van der Waals surface area contributed by atoms with E-state index in [4.69, 9.17) is 5.73 Å². The van der Waals surface area contributed by atoms with Crippen LogP contribution in [-0.4, -0.2) is 25.3 Å². The summed E-state index contributed by atoms with van der Waals surface area (Å²) in [6.45, 7) is 5.11. The van der Waals surface area contributed by atoms with E-state index >= 15 is 0 Å². The van der Waals surface area contributed by atoms with Gasteiger partial charge in [0.25, 0.3) is 0 Å². The van der Waals surface area contributed by atoms with Crippen molar-refractivity contribution >= 4 is 27.1 Å². The monoisotopic (exact) mass is 316 g/mol. The van der Waals surface area contributed by atoms with Crippen molar-refractivity contribution in [3.8, 4) is 0 Å². The summed E-state index contributed by atoms with van der Waals surface area (Å²) in [7, 11) is -3.56. The molecule has 0 fully saturated rings. The van der Waals surface area contributed by atoms with Crippen molar-refractivity contribution in [1.29, 1.82) is 0 Å². The van der Waals surface area contributed by atoms with Gasteiger partial charge in [0.15, 0.2) is 9.84 Å². The number of nitrogens with two attached hydrogens (primary N) is 1. The molecule has 0 aliphatic rings. The molecule has 0 heterocycles. The van der Waals surface area contributed by atoms with Crippen molar-refractivity contribution in [3.63, 3.8) is 0 Å². The standard InChI is InChI=1S/C14H21FN2O3S/c1-9(2)6-7-21(19,20)10(3)14(18)17-13-8-11(16)4-5-12(13)15/h4-5,8-10H,6-7,16H2,1-3H3,(H,17,18). The summed E-state index contributed by atoms with van der Waals surface area (Å²) in [5.41, 5.74) is 5.67. The summed E-state index contributed by atoms with van der Waals surface area (Å²) in [6, 6.07) is 3.72. The van der Waals surface area contributed by atoms with Gasteiger partial charge in [0, 0.05) is 5.69 Å². The smallest absolute Gasteiger partial charge is 0.242 e. The number of sulfone groups is 1. The maximum atomic E-state index is 13.5. The minimum absolute atomic E-state index is 0.0708. The van der Waals surface area contributed by atoms with Crippen LogP contribution in [0.1, 0.15) is 27.2 Å². The zero-order valence-electron chi connectivity index (χ0n) is 12.4. The van der Waals surface area contributed by atoms with Gasteiger partial charge in [0.1, 0.15) is 11.1 Å². The van der Waals surface area contributed by atoms with E-state index < -0.39 is 26.8 Å². The van der Waals surface area contributed by atoms with E-state index in [1.54, 1.807) is 0 Å². The van der Waals surface area contributed by atoms with E-state index in [0.717, 1.165) is 6.07 Å². The summed E-state index contributed by atoms with van der Waals surface area (Å²) >= 11 is 0. The van der Waals surface area contributed by atoms with Crippen LogP contribution in [0.4, 0.5) is 15.8 Å². The highest BCUT2D eigenvalue weighted by Gasteiger charge is 2.28. The van der Waals surface area contributed by atoms with Crippen LogP contribution in [0.5, 0.6) is 0 Å². The molecule has 1 aromatic carbocycles. The van der Waals surface area contributed by atoms with Crippen LogP contribution in [0.25, 0.3) is 0 Å². The molecule has 21 heavy (non-hydrogen) atoms. The first kappa shape index (κ1) is 17.4. The third-order valence-corrected chi connectivity index (χ3v) is 5.23. The van der Waals surface area contributed by atoms with Crippen molar-refractivity contribution in [2.45, 2.75) is 32.4 Å². The number of amides is 1. The average Bonchev–Trinajstić information content (AvgIpc) is 2.39. The fraction of sp³-hybridized carbons (Fsp3) is 0.500. The molecule has 0 saturated heterocycles. The molecule has 0 aliphatic carbocycles. The van der Waals surface area contributed by atoms with Gasteiger partial charge in [0.2, 0.25) is 5.91 Å². The maximum Gasteiger partial charge on any atom is 0.242 e. The number of hydrogen-bond acceptors (Lipinski definition) is 4. The lowest BCUT2D eigenvalue weighted by Gasteiger charge is -2.14. The minimum Gasteiger partial charge on any atom is -0.399 e. The second-order valence-electron chi connectivity index (χ2n) is 5.42. The summed E-state index contributed by atoms with van der Waals surface area (Å²) in [4.78, 5) is 12.0. The Bertz CT molecular complexity index is 615. The van der Waals surface area contributed by atoms with E-state index in [-0.39, 0.29) is 23.0 Å². The van der Waals surface area contributed by atoms with Crippen LogP contribution in [-0.2, 0) is 14.6 Å². The first-order valence-corrected chi connectivity index (χ1v) is 8.42. The summed E-state index contributed by atoms with van der Waals surface area (Å²) in [6.07, 6.45) is 0.479. The van der Waals surface area contributed by atoms with Gasteiger partial charge in [-0.3, -0.25) is 4.79 Å². The van der Waals surface area contributed by atoms with Gasteiger partial charge in [-0.1, -0.05) is 13.8 Å².